The van der Waals surface area contributed by atoms with E-state index in [1.54, 1.807) is 13.2 Å². The molecule has 0 aromatic heterocycles. The molecule has 6 heteroatoms. The topological polar surface area (TPSA) is 61.7 Å². The molecule has 0 heterocycles. The summed E-state index contributed by atoms with van der Waals surface area (Å²) in [4.78, 5) is 0. The van der Waals surface area contributed by atoms with Gasteiger partial charge in [0.25, 0.3) is 0 Å². The largest absolute Gasteiger partial charge is 0.493 e. The molecule has 0 bridgehead atoms. The van der Waals surface area contributed by atoms with Crippen LogP contribution in [-0.4, -0.2) is 36.6 Å². The SMILES string of the molecule is COc1c(I)ccc(Cl)c1NCC(O)CO. The van der Waals surface area contributed by atoms with Gasteiger partial charge in [-0.3, -0.25) is 0 Å². The molecule has 0 saturated heterocycles. The third-order valence-electron chi connectivity index (χ3n) is 1.99. The summed E-state index contributed by atoms with van der Waals surface area (Å²) in [5.74, 6) is 0.637. The molecule has 0 saturated carbocycles. The fourth-order valence-electron chi connectivity index (χ4n) is 1.18. The Morgan fingerprint density at radius 2 is 2.25 bits per heavy atom. The minimum atomic E-state index is -0.821. The highest BCUT2D eigenvalue weighted by Crippen LogP contribution is 2.36. The maximum Gasteiger partial charge on any atom is 0.156 e. The highest BCUT2D eigenvalue weighted by atomic mass is 127. The van der Waals surface area contributed by atoms with Crippen LogP contribution in [0.4, 0.5) is 5.69 Å². The van der Waals surface area contributed by atoms with E-state index in [1.807, 2.05) is 6.07 Å². The average molecular weight is 358 g/mol. The Kier molecular flexibility index (Phi) is 5.60. The van der Waals surface area contributed by atoms with Gasteiger partial charge < -0.3 is 20.3 Å². The van der Waals surface area contributed by atoms with Crippen LogP contribution in [0.2, 0.25) is 5.02 Å². The molecule has 16 heavy (non-hydrogen) atoms. The molecule has 0 amide bonds. The van der Waals surface area contributed by atoms with Crippen LogP contribution < -0.4 is 10.1 Å². The van der Waals surface area contributed by atoms with E-state index in [1.165, 1.54) is 0 Å². The Morgan fingerprint density at radius 3 is 2.81 bits per heavy atom. The van der Waals surface area contributed by atoms with Crippen LogP contribution in [0.3, 0.4) is 0 Å². The second-order valence-electron chi connectivity index (χ2n) is 3.15. The van der Waals surface area contributed by atoms with E-state index in [-0.39, 0.29) is 13.2 Å². The number of anilines is 1. The summed E-state index contributed by atoms with van der Waals surface area (Å²) >= 11 is 8.15. The quantitative estimate of drug-likeness (QED) is 0.702. The summed E-state index contributed by atoms with van der Waals surface area (Å²) in [5.41, 5.74) is 0.628. The number of rotatable bonds is 5. The molecule has 0 aliphatic carbocycles. The number of hydrogen-bond donors (Lipinski definition) is 3. The molecular weight excluding hydrogens is 344 g/mol. The van der Waals surface area contributed by atoms with Gasteiger partial charge in [-0.2, -0.15) is 0 Å². The van der Waals surface area contributed by atoms with E-state index in [9.17, 15) is 5.11 Å². The molecule has 1 aromatic carbocycles. The normalized spacial score (nSPS) is 12.3. The monoisotopic (exact) mass is 357 g/mol. The molecule has 0 fully saturated rings. The van der Waals surface area contributed by atoms with E-state index in [4.69, 9.17) is 21.4 Å². The number of nitrogens with one attached hydrogen (secondary N) is 1. The Hall–Kier alpha value is -0.240. The zero-order valence-electron chi connectivity index (χ0n) is 8.70. The van der Waals surface area contributed by atoms with Crippen molar-refractivity contribution in [3.8, 4) is 5.75 Å². The first-order valence-corrected chi connectivity index (χ1v) is 6.10. The fourth-order valence-corrected chi connectivity index (χ4v) is 2.07. The smallest absolute Gasteiger partial charge is 0.156 e. The second kappa shape index (κ2) is 6.48. The zero-order valence-corrected chi connectivity index (χ0v) is 11.6. The summed E-state index contributed by atoms with van der Waals surface area (Å²) in [5, 5.41) is 21.4. The van der Waals surface area contributed by atoms with Crippen LogP contribution in [0, 0.1) is 3.57 Å². The lowest BCUT2D eigenvalue weighted by Crippen LogP contribution is -2.23. The zero-order chi connectivity index (χ0) is 12.1. The van der Waals surface area contributed by atoms with Crippen molar-refractivity contribution in [2.75, 3.05) is 25.6 Å². The summed E-state index contributed by atoms with van der Waals surface area (Å²) in [7, 11) is 1.56. The lowest BCUT2D eigenvalue weighted by atomic mass is 10.2. The number of aliphatic hydroxyl groups is 2. The van der Waals surface area contributed by atoms with Gasteiger partial charge in [-0.25, -0.2) is 0 Å². The van der Waals surface area contributed by atoms with E-state index in [2.05, 4.69) is 27.9 Å². The summed E-state index contributed by atoms with van der Waals surface area (Å²) in [6.45, 7) is -0.0798. The number of aliphatic hydroxyl groups excluding tert-OH is 2. The van der Waals surface area contributed by atoms with Gasteiger partial charge in [-0.15, -0.1) is 0 Å². The van der Waals surface area contributed by atoms with Gasteiger partial charge in [-0.05, 0) is 34.7 Å². The second-order valence-corrected chi connectivity index (χ2v) is 4.72. The number of hydrogen-bond acceptors (Lipinski definition) is 4. The standard InChI is InChI=1S/C10H13ClINO3/c1-16-10-8(12)3-2-7(11)9(10)13-4-6(15)5-14/h2-3,6,13-15H,4-5H2,1H3. The minimum absolute atomic E-state index is 0.215. The molecule has 90 valence electrons. The Morgan fingerprint density at radius 1 is 1.56 bits per heavy atom. The molecule has 0 aliphatic rings. The van der Waals surface area contributed by atoms with Crippen molar-refractivity contribution >= 4 is 39.9 Å². The first kappa shape index (κ1) is 13.8. The first-order valence-electron chi connectivity index (χ1n) is 4.65. The Labute approximate surface area is 113 Å². The number of benzene rings is 1. The van der Waals surface area contributed by atoms with E-state index in [0.29, 0.717) is 16.5 Å². The summed E-state index contributed by atoms with van der Waals surface area (Å²) in [6, 6.07) is 3.59. The Bertz CT molecular complexity index is 362. The van der Waals surface area contributed by atoms with Gasteiger partial charge in [0, 0.05) is 6.54 Å². The Balaban J connectivity index is 2.89. The predicted molar refractivity (Wildman–Crippen MR) is 72.3 cm³/mol. The number of methoxy groups -OCH3 is 1. The van der Waals surface area contributed by atoms with Crippen molar-refractivity contribution in [1.82, 2.24) is 0 Å². The lowest BCUT2D eigenvalue weighted by molar-refractivity contribution is 0.105. The number of ether oxygens (including phenoxy) is 1. The molecule has 1 unspecified atom stereocenters. The molecule has 0 spiro atoms. The van der Waals surface area contributed by atoms with Crippen LogP contribution in [0.15, 0.2) is 12.1 Å². The van der Waals surface area contributed by atoms with Gasteiger partial charge in [0.2, 0.25) is 0 Å². The van der Waals surface area contributed by atoms with Gasteiger partial charge in [0.05, 0.1) is 34.1 Å². The van der Waals surface area contributed by atoms with Gasteiger partial charge in [-0.1, -0.05) is 11.6 Å². The van der Waals surface area contributed by atoms with Gasteiger partial charge in [0.15, 0.2) is 5.75 Å². The summed E-state index contributed by atoms with van der Waals surface area (Å²) in [6.07, 6.45) is -0.821. The van der Waals surface area contributed by atoms with E-state index in [0.717, 1.165) is 3.57 Å². The molecule has 4 nitrogen and oxygen atoms in total. The highest BCUT2D eigenvalue weighted by molar-refractivity contribution is 14.1. The third-order valence-corrected chi connectivity index (χ3v) is 3.15. The van der Waals surface area contributed by atoms with Crippen LogP contribution >= 0.6 is 34.2 Å². The summed E-state index contributed by atoms with van der Waals surface area (Å²) < 4.78 is 6.15. The van der Waals surface area contributed by atoms with Crippen molar-refractivity contribution in [2.24, 2.45) is 0 Å². The van der Waals surface area contributed by atoms with Gasteiger partial charge >= 0.3 is 0 Å². The predicted octanol–water partition coefficient (Wildman–Crippen LogP) is 1.72. The fraction of sp³-hybridized carbons (Fsp3) is 0.400. The molecule has 3 N–H and O–H groups in total. The maximum atomic E-state index is 9.24. The van der Waals surface area contributed by atoms with Crippen LogP contribution in [0.5, 0.6) is 5.75 Å². The molecule has 1 atom stereocenters. The minimum Gasteiger partial charge on any atom is -0.493 e. The van der Waals surface area contributed by atoms with Crippen molar-refractivity contribution in [3.05, 3.63) is 20.7 Å². The van der Waals surface area contributed by atoms with E-state index >= 15 is 0 Å². The maximum absolute atomic E-state index is 9.24. The molecular formula is C10H13ClINO3. The third kappa shape index (κ3) is 3.38. The lowest BCUT2D eigenvalue weighted by Gasteiger charge is -2.15. The highest BCUT2D eigenvalue weighted by Gasteiger charge is 2.12. The van der Waals surface area contributed by atoms with Crippen LogP contribution in [0.1, 0.15) is 0 Å². The number of halogens is 2. The van der Waals surface area contributed by atoms with Crippen LogP contribution in [0.25, 0.3) is 0 Å². The molecule has 0 aliphatic heterocycles. The molecule has 1 aromatic rings. The first-order chi connectivity index (χ1) is 7.60. The van der Waals surface area contributed by atoms with Crippen LogP contribution in [-0.2, 0) is 0 Å². The van der Waals surface area contributed by atoms with Crippen molar-refractivity contribution < 1.29 is 14.9 Å². The van der Waals surface area contributed by atoms with Crippen molar-refractivity contribution in [1.29, 1.82) is 0 Å². The average Bonchev–Trinajstić information content (AvgIpc) is 2.29. The van der Waals surface area contributed by atoms with Crippen molar-refractivity contribution in [3.63, 3.8) is 0 Å². The van der Waals surface area contributed by atoms with Crippen molar-refractivity contribution in [2.45, 2.75) is 6.10 Å². The van der Waals surface area contributed by atoms with Gasteiger partial charge in [0.1, 0.15) is 0 Å². The molecule has 0 radical (unpaired) electrons. The van der Waals surface area contributed by atoms with E-state index < -0.39 is 6.10 Å². The molecule has 1 rings (SSSR count).